The molecule has 7 heteroatoms. The average molecular weight is 434 g/mol. The number of halogens is 1. The first-order valence-electron chi connectivity index (χ1n) is 10.4. The second-order valence-electron chi connectivity index (χ2n) is 7.73. The number of amides is 1. The quantitative estimate of drug-likeness (QED) is 0.568. The van der Waals surface area contributed by atoms with Gasteiger partial charge in [-0.15, -0.1) is 0 Å². The zero-order chi connectivity index (χ0) is 21.6. The van der Waals surface area contributed by atoms with Crippen LogP contribution in [0.5, 0.6) is 5.75 Å². The lowest BCUT2D eigenvalue weighted by Crippen LogP contribution is -2.36. The summed E-state index contributed by atoms with van der Waals surface area (Å²) in [6, 6.07) is 12.9. The SMILES string of the molecule is CCS(=O)(=O)Oc1ccc(CN(Cc2ccc(F)cc2)C(=O)C2CCCCC2)cc1. The van der Waals surface area contributed by atoms with Crippen molar-refractivity contribution in [2.45, 2.75) is 52.1 Å². The number of carbonyl (C=O) groups excluding carboxylic acids is 1. The molecule has 2 aromatic carbocycles. The van der Waals surface area contributed by atoms with Crippen LogP contribution in [0.25, 0.3) is 0 Å². The summed E-state index contributed by atoms with van der Waals surface area (Å²) in [6.07, 6.45) is 5.11. The first-order chi connectivity index (χ1) is 14.4. The molecule has 30 heavy (non-hydrogen) atoms. The van der Waals surface area contributed by atoms with Crippen LogP contribution in [0.15, 0.2) is 48.5 Å². The lowest BCUT2D eigenvalue weighted by Gasteiger charge is -2.29. The van der Waals surface area contributed by atoms with Crippen molar-refractivity contribution in [2.24, 2.45) is 5.92 Å². The van der Waals surface area contributed by atoms with E-state index < -0.39 is 10.1 Å². The van der Waals surface area contributed by atoms with Gasteiger partial charge in [-0.25, -0.2) is 4.39 Å². The van der Waals surface area contributed by atoms with Crippen LogP contribution in [0, 0.1) is 11.7 Å². The largest absolute Gasteiger partial charge is 0.382 e. The number of hydrogen-bond donors (Lipinski definition) is 0. The van der Waals surface area contributed by atoms with Gasteiger partial charge in [0.05, 0.1) is 5.75 Å². The van der Waals surface area contributed by atoms with Crippen LogP contribution < -0.4 is 4.18 Å². The highest BCUT2D eigenvalue weighted by molar-refractivity contribution is 7.87. The Hall–Kier alpha value is -2.41. The number of hydrogen-bond acceptors (Lipinski definition) is 4. The van der Waals surface area contributed by atoms with E-state index in [4.69, 9.17) is 4.18 Å². The average Bonchev–Trinajstić information content (AvgIpc) is 2.76. The maximum atomic E-state index is 13.3. The molecule has 162 valence electrons. The molecule has 3 rings (SSSR count). The van der Waals surface area contributed by atoms with Crippen LogP contribution in [0.2, 0.25) is 0 Å². The molecule has 1 aliphatic carbocycles. The topological polar surface area (TPSA) is 63.7 Å². The van der Waals surface area contributed by atoms with Crippen molar-refractivity contribution in [1.82, 2.24) is 4.90 Å². The van der Waals surface area contributed by atoms with Crippen LogP contribution in [0.3, 0.4) is 0 Å². The van der Waals surface area contributed by atoms with Crippen molar-refractivity contribution >= 4 is 16.0 Å². The fourth-order valence-electron chi connectivity index (χ4n) is 3.71. The highest BCUT2D eigenvalue weighted by atomic mass is 32.2. The van der Waals surface area contributed by atoms with Crippen molar-refractivity contribution < 1.29 is 21.8 Å². The second kappa shape index (κ2) is 10.1. The van der Waals surface area contributed by atoms with Crippen molar-refractivity contribution in [3.05, 3.63) is 65.5 Å². The van der Waals surface area contributed by atoms with Gasteiger partial charge in [0.25, 0.3) is 0 Å². The number of nitrogens with zero attached hydrogens (tertiary/aromatic N) is 1. The molecule has 0 heterocycles. The van der Waals surface area contributed by atoms with Crippen molar-refractivity contribution in [3.8, 4) is 5.75 Å². The standard InChI is InChI=1S/C23H28FNO4S/c1-2-30(27,28)29-22-14-10-19(11-15-22)17-25(16-18-8-12-21(24)13-9-18)23(26)20-6-4-3-5-7-20/h8-15,20H,2-7,16-17H2,1H3. The molecule has 0 atom stereocenters. The highest BCUT2D eigenvalue weighted by Crippen LogP contribution is 2.27. The van der Waals surface area contributed by atoms with Gasteiger partial charge in [-0.3, -0.25) is 4.79 Å². The minimum absolute atomic E-state index is 0.0245. The molecule has 1 fully saturated rings. The first kappa shape index (κ1) is 22.3. The number of carbonyl (C=O) groups is 1. The van der Waals surface area contributed by atoms with Crippen molar-refractivity contribution in [1.29, 1.82) is 0 Å². The predicted molar refractivity (Wildman–Crippen MR) is 114 cm³/mol. The van der Waals surface area contributed by atoms with Crippen molar-refractivity contribution in [3.63, 3.8) is 0 Å². The Balaban J connectivity index is 1.75. The molecule has 0 aliphatic heterocycles. The van der Waals surface area contributed by atoms with Gasteiger partial charge in [-0.2, -0.15) is 8.42 Å². The molecule has 0 bridgehead atoms. The van der Waals surface area contributed by atoms with E-state index in [0.29, 0.717) is 13.1 Å². The first-order valence-corrected chi connectivity index (χ1v) is 12.0. The zero-order valence-electron chi connectivity index (χ0n) is 17.2. The molecular formula is C23H28FNO4S. The van der Waals surface area contributed by atoms with E-state index in [2.05, 4.69) is 0 Å². The smallest absolute Gasteiger partial charge is 0.308 e. The zero-order valence-corrected chi connectivity index (χ0v) is 18.0. The summed E-state index contributed by atoms with van der Waals surface area (Å²) in [7, 11) is -3.58. The predicted octanol–water partition coefficient (Wildman–Crippen LogP) is 4.66. The Morgan fingerprint density at radius 2 is 1.50 bits per heavy atom. The molecular weight excluding hydrogens is 405 g/mol. The monoisotopic (exact) mass is 433 g/mol. The minimum Gasteiger partial charge on any atom is -0.382 e. The number of benzene rings is 2. The fourth-order valence-corrected chi connectivity index (χ4v) is 4.23. The molecule has 0 unspecified atom stereocenters. The Morgan fingerprint density at radius 1 is 0.967 bits per heavy atom. The normalized spacial score (nSPS) is 15.0. The Labute approximate surface area is 178 Å². The summed E-state index contributed by atoms with van der Waals surface area (Å²) in [5.41, 5.74) is 1.75. The minimum atomic E-state index is -3.58. The van der Waals surface area contributed by atoms with Gasteiger partial charge in [0.2, 0.25) is 5.91 Å². The summed E-state index contributed by atoms with van der Waals surface area (Å²) in [4.78, 5) is 15.0. The number of rotatable bonds is 8. The van der Waals surface area contributed by atoms with Gasteiger partial charge in [0.1, 0.15) is 11.6 Å². The molecule has 0 N–H and O–H groups in total. The summed E-state index contributed by atoms with van der Waals surface area (Å²) in [5, 5.41) is 0. The van der Waals surface area contributed by atoms with Crippen molar-refractivity contribution in [2.75, 3.05) is 5.75 Å². The van der Waals surface area contributed by atoms with E-state index in [-0.39, 0.29) is 29.1 Å². The Kier molecular flexibility index (Phi) is 7.48. The van der Waals surface area contributed by atoms with Crippen LogP contribution in [0.1, 0.15) is 50.2 Å². The van der Waals surface area contributed by atoms with Gasteiger partial charge in [-0.1, -0.05) is 43.5 Å². The van der Waals surface area contributed by atoms with E-state index in [0.717, 1.165) is 36.8 Å². The summed E-state index contributed by atoms with van der Waals surface area (Å²) in [5.74, 6) is -0.00829. The maximum absolute atomic E-state index is 13.3. The van der Waals surface area contributed by atoms with E-state index in [1.54, 1.807) is 36.4 Å². The summed E-state index contributed by atoms with van der Waals surface area (Å²) in [6.45, 7) is 2.32. The fraction of sp³-hybridized carbons (Fsp3) is 0.435. The third-order valence-electron chi connectivity index (χ3n) is 5.43. The van der Waals surface area contributed by atoms with Gasteiger partial charge in [0, 0.05) is 19.0 Å². The molecule has 0 spiro atoms. The van der Waals surface area contributed by atoms with Gasteiger partial charge < -0.3 is 9.08 Å². The summed E-state index contributed by atoms with van der Waals surface area (Å²) >= 11 is 0. The summed E-state index contributed by atoms with van der Waals surface area (Å²) < 4.78 is 41.5. The third-order valence-corrected chi connectivity index (χ3v) is 6.58. The Morgan fingerprint density at radius 3 is 2.03 bits per heavy atom. The van der Waals surface area contributed by atoms with Crippen LogP contribution in [-0.4, -0.2) is 25.0 Å². The van der Waals surface area contributed by atoms with Gasteiger partial charge in [0.15, 0.2) is 0 Å². The van der Waals surface area contributed by atoms with E-state index in [1.807, 2.05) is 4.90 Å². The lowest BCUT2D eigenvalue weighted by atomic mass is 9.88. The van der Waals surface area contributed by atoms with Gasteiger partial charge >= 0.3 is 10.1 Å². The van der Waals surface area contributed by atoms with Crippen LogP contribution in [0.4, 0.5) is 4.39 Å². The van der Waals surface area contributed by atoms with Crippen LogP contribution >= 0.6 is 0 Å². The lowest BCUT2D eigenvalue weighted by molar-refractivity contribution is -0.137. The van der Waals surface area contributed by atoms with E-state index in [1.165, 1.54) is 25.5 Å². The molecule has 1 saturated carbocycles. The molecule has 0 aromatic heterocycles. The highest BCUT2D eigenvalue weighted by Gasteiger charge is 2.26. The molecule has 1 aliphatic rings. The molecule has 0 radical (unpaired) electrons. The van der Waals surface area contributed by atoms with Gasteiger partial charge in [-0.05, 0) is 55.2 Å². The third kappa shape index (κ3) is 6.29. The maximum Gasteiger partial charge on any atom is 0.308 e. The Bertz CT molecular complexity index is 936. The van der Waals surface area contributed by atoms with Crippen LogP contribution in [-0.2, 0) is 28.0 Å². The second-order valence-corrected chi connectivity index (χ2v) is 9.59. The molecule has 5 nitrogen and oxygen atoms in total. The molecule has 0 saturated heterocycles. The van der Waals surface area contributed by atoms with E-state index >= 15 is 0 Å². The van der Waals surface area contributed by atoms with E-state index in [9.17, 15) is 17.6 Å². The molecule has 2 aromatic rings. The molecule has 1 amide bonds.